The second-order valence-electron chi connectivity index (χ2n) is 5.61. The van der Waals surface area contributed by atoms with Gasteiger partial charge in [-0.2, -0.15) is 0 Å². The van der Waals surface area contributed by atoms with Crippen LogP contribution in [0.5, 0.6) is 0 Å². The van der Waals surface area contributed by atoms with Crippen LogP contribution >= 0.6 is 11.6 Å². The van der Waals surface area contributed by atoms with E-state index in [9.17, 15) is 13.2 Å². The highest BCUT2D eigenvalue weighted by atomic mass is 35.5. The van der Waals surface area contributed by atoms with E-state index in [4.69, 9.17) is 11.6 Å². The lowest BCUT2D eigenvalue weighted by Gasteiger charge is -2.38. The highest BCUT2D eigenvalue weighted by molar-refractivity contribution is 7.90. The van der Waals surface area contributed by atoms with E-state index in [0.717, 1.165) is 13.1 Å². The van der Waals surface area contributed by atoms with Gasteiger partial charge in [0.15, 0.2) is 0 Å². The van der Waals surface area contributed by atoms with Crippen LogP contribution < -0.4 is 4.72 Å². The summed E-state index contributed by atoms with van der Waals surface area (Å²) in [4.78, 5) is 15.9. The topological polar surface area (TPSA) is 69.7 Å². The molecule has 0 radical (unpaired) electrons. The van der Waals surface area contributed by atoms with Crippen LogP contribution in [0.25, 0.3) is 0 Å². The zero-order valence-corrected chi connectivity index (χ0v) is 14.9. The summed E-state index contributed by atoms with van der Waals surface area (Å²) in [6.45, 7) is 4.63. The molecule has 6 nitrogen and oxygen atoms in total. The molecule has 2 rings (SSSR count). The van der Waals surface area contributed by atoms with Crippen molar-refractivity contribution in [2.24, 2.45) is 0 Å². The monoisotopic (exact) mass is 359 g/mol. The molecule has 1 fully saturated rings. The number of sulfonamides is 1. The lowest BCUT2D eigenvalue weighted by atomic mass is 10.1. The first kappa shape index (κ1) is 18.2. The third-order valence-electron chi connectivity index (χ3n) is 4.19. The maximum atomic E-state index is 12.0. The van der Waals surface area contributed by atoms with Crippen LogP contribution in [0.2, 0.25) is 5.02 Å². The van der Waals surface area contributed by atoms with Crippen LogP contribution in [0.15, 0.2) is 24.3 Å². The molecule has 0 spiro atoms. The first-order chi connectivity index (χ1) is 10.8. The fraction of sp³-hybridized carbons (Fsp3) is 0.533. The zero-order chi connectivity index (χ0) is 17.0. The maximum Gasteiger partial charge on any atom is 0.239 e. The summed E-state index contributed by atoms with van der Waals surface area (Å²) in [6.07, 6.45) is 0. The van der Waals surface area contributed by atoms with Gasteiger partial charge in [-0.3, -0.25) is 9.69 Å². The number of halogens is 1. The standard InChI is InChI=1S/C15H22ClN3O3S/c1-12(13-3-5-14(16)6-4-13)18-7-9-19(10-8-18)15(20)11-23(21,22)17-2/h3-6,12,17H,7-11H2,1-2H3. The quantitative estimate of drug-likeness (QED) is 0.854. The number of rotatable bonds is 5. The number of nitrogens with one attached hydrogen (secondary N) is 1. The van der Waals surface area contributed by atoms with Crippen LogP contribution in [0, 0.1) is 0 Å². The second-order valence-corrected chi connectivity index (χ2v) is 7.97. The Morgan fingerprint density at radius 3 is 2.30 bits per heavy atom. The Kier molecular flexibility index (Phi) is 6.02. The summed E-state index contributed by atoms with van der Waals surface area (Å²) in [5.41, 5.74) is 1.17. The molecule has 128 valence electrons. The molecule has 1 amide bonds. The van der Waals surface area contributed by atoms with Gasteiger partial charge in [0.1, 0.15) is 5.75 Å². The van der Waals surface area contributed by atoms with Gasteiger partial charge in [0.05, 0.1) is 0 Å². The molecular formula is C15H22ClN3O3S. The third-order valence-corrected chi connectivity index (χ3v) is 5.69. The van der Waals surface area contributed by atoms with Gasteiger partial charge in [-0.15, -0.1) is 0 Å². The molecule has 0 saturated carbocycles. The normalized spacial score (nSPS) is 18.0. The van der Waals surface area contributed by atoms with Gasteiger partial charge in [-0.1, -0.05) is 23.7 Å². The first-order valence-electron chi connectivity index (χ1n) is 7.51. The summed E-state index contributed by atoms with van der Waals surface area (Å²) in [5.74, 6) is -0.839. The molecule has 1 heterocycles. The van der Waals surface area contributed by atoms with E-state index in [1.165, 1.54) is 12.6 Å². The highest BCUT2D eigenvalue weighted by Gasteiger charge is 2.26. The van der Waals surface area contributed by atoms with Crippen molar-refractivity contribution in [3.05, 3.63) is 34.9 Å². The van der Waals surface area contributed by atoms with E-state index < -0.39 is 15.8 Å². The summed E-state index contributed by atoms with van der Waals surface area (Å²) in [5, 5.41) is 0.710. The Hall–Kier alpha value is -1.15. The molecule has 0 aromatic heterocycles. The van der Waals surface area contributed by atoms with Crippen molar-refractivity contribution in [2.75, 3.05) is 39.0 Å². The van der Waals surface area contributed by atoms with Crippen molar-refractivity contribution < 1.29 is 13.2 Å². The van der Waals surface area contributed by atoms with Crippen molar-refractivity contribution >= 4 is 27.5 Å². The molecule has 1 aromatic carbocycles. The molecule has 23 heavy (non-hydrogen) atoms. The van der Waals surface area contributed by atoms with E-state index in [-0.39, 0.29) is 11.9 Å². The van der Waals surface area contributed by atoms with Crippen LogP contribution in [-0.2, 0) is 14.8 Å². The number of carbonyl (C=O) groups excluding carboxylic acids is 1. The summed E-state index contributed by atoms with van der Waals surface area (Å²) >= 11 is 5.91. The number of nitrogens with zero attached hydrogens (tertiary/aromatic N) is 2. The average molecular weight is 360 g/mol. The van der Waals surface area contributed by atoms with E-state index >= 15 is 0 Å². The molecule has 1 N–H and O–H groups in total. The number of carbonyl (C=O) groups is 1. The molecule has 0 bridgehead atoms. The van der Waals surface area contributed by atoms with Gasteiger partial charge in [0.2, 0.25) is 15.9 Å². The SMILES string of the molecule is CNS(=O)(=O)CC(=O)N1CCN(C(C)c2ccc(Cl)cc2)CC1. The van der Waals surface area contributed by atoms with Crippen molar-refractivity contribution in [2.45, 2.75) is 13.0 Å². The van der Waals surface area contributed by atoms with Gasteiger partial charge in [0.25, 0.3) is 0 Å². The molecular weight excluding hydrogens is 338 g/mol. The molecule has 1 saturated heterocycles. The molecule has 8 heteroatoms. The van der Waals surface area contributed by atoms with Crippen molar-refractivity contribution in [3.63, 3.8) is 0 Å². The lowest BCUT2D eigenvalue weighted by Crippen LogP contribution is -2.51. The Labute approximate surface area is 142 Å². The first-order valence-corrected chi connectivity index (χ1v) is 9.54. The fourth-order valence-electron chi connectivity index (χ4n) is 2.64. The second kappa shape index (κ2) is 7.61. The van der Waals surface area contributed by atoms with Crippen LogP contribution in [0.4, 0.5) is 0 Å². The van der Waals surface area contributed by atoms with Crippen LogP contribution in [-0.4, -0.2) is 63.1 Å². The van der Waals surface area contributed by atoms with Crippen molar-refractivity contribution in [1.29, 1.82) is 0 Å². The average Bonchev–Trinajstić information content (AvgIpc) is 2.54. The minimum Gasteiger partial charge on any atom is -0.339 e. The summed E-state index contributed by atoms with van der Waals surface area (Å²) < 4.78 is 25.1. The van der Waals surface area contributed by atoms with Crippen LogP contribution in [0.1, 0.15) is 18.5 Å². The van der Waals surface area contributed by atoms with E-state index in [2.05, 4.69) is 16.5 Å². The van der Waals surface area contributed by atoms with Gasteiger partial charge < -0.3 is 4.90 Å². The molecule has 1 unspecified atom stereocenters. The molecule has 0 aliphatic carbocycles. The predicted octanol–water partition coefficient (Wildman–Crippen LogP) is 1.09. The summed E-state index contributed by atoms with van der Waals surface area (Å²) in [7, 11) is -2.20. The highest BCUT2D eigenvalue weighted by Crippen LogP contribution is 2.23. The Bertz CT molecular complexity index is 640. The third kappa shape index (κ3) is 4.91. The lowest BCUT2D eigenvalue weighted by molar-refractivity contribution is -0.130. The molecule has 1 aliphatic heterocycles. The van der Waals surface area contributed by atoms with Crippen molar-refractivity contribution in [1.82, 2.24) is 14.5 Å². The number of hydrogen-bond donors (Lipinski definition) is 1. The van der Waals surface area contributed by atoms with Crippen molar-refractivity contribution in [3.8, 4) is 0 Å². The van der Waals surface area contributed by atoms with E-state index in [1.807, 2.05) is 24.3 Å². The van der Waals surface area contributed by atoms with E-state index in [1.54, 1.807) is 4.90 Å². The van der Waals surface area contributed by atoms with Gasteiger partial charge in [0, 0.05) is 37.2 Å². The molecule has 1 aliphatic rings. The number of piperazine rings is 1. The Morgan fingerprint density at radius 2 is 1.78 bits per heavy atom. The smallest absolute Gasteiger partial charge is 0.239 e. The largest absolute Gasteiger partial charge is 0.339 e. The fourth-order valence-corrected chi connectivity index (χ4v) is 3.41. The number of benzene rings is 1. The van der Waals surface area contributed by atoms with Gasteiger partial charge in [-0.05, 0) is 31.7 Å². The maximum absolute atomic E-state index is 12.0. The Morgan fingerprint density at radius 1 is 1.22 bits per heavy atom. The molecule has 1 aromatic rings. The zero-order valence-electron chi connectivity index (χ0n) is 13.3. The summed E-state index contributed by atoms with van der Waals surface area (Å²) in [6, 6.07) is 7.98. The van der Waals surface area contributed by atoms with E-state index in [0.29, 0.717) is 18.1 Å². The Balaban J connectivity index is 1.90. The molecule has 1 atom stereocenters. The van der Waals surface area contributed by atoms with Gasteiger partial charge >= 0.3 is 0 Å². The predicted molar refractivity (Wildman–Crippen MR) is 90.9 cm³/mol. The van der Waals surface area contributed by atoms with Gasteiger partial charge in [-0.25, -0.2) is 13.1 Å². The van der Waals surface area contributed by atoms with Crippen LogP contribution in [0.3, 0.4) is 0 Å². The number of amides is 1. The minimum absolute atomic E-state index is 0.227. The minimum atomic E-state index is -3.51. The number of hydrogen-bond acceptors (Lipinski definition) is 4.